The second kappa shape index (κ2) is 7.52. The first-order valence-corrected chi connectivity index (χ1v) is 14.6. The molecule has 0 saturated carbocycles. The van der Waals surface area contributed by atoms with E-state index >= 15 is 0 Å². The van der Waals surface area contributed by atoms with Gasteiger partial charge >= 0.3 is 0 Å². The highest BCUT2D eigenvalue weighted by Gasteiger charge is 2.31. The second-order valence-electron chi connectivity index (χ2n) is 11.6. The van der Waals surface area contributed by atoms with Crippen LogP contribution in [0.2, 0.25) is 0 Å². The van der Waals surface area contributed by atoms with Crippen LogP contribution in [0.1, 0.15) is 0 Å². The first kappa shape index (κ1) is 21.9. The number of nitrogens with one attached hydrogen (secondary N) is 1. The van der Waals surface area contributed by atoms with Crippen LogP contribution in [0.4, 0.5) is 11.5 Å². The average molecular weight is 552 g/mol. The third-order valence-corrected chi connectivity index (χ3v) is 9.32. The summed E-state index contributed by atoms with van der Waals surface area (Å²) in [6.07, 6.45) is 8.41. The molecule has 0 radical (unpaired) electrons. The summed E-state index contributed by atoms with van der Waals surface area (Å²) in [6.45, 7) is 0. The van der Waals surface area contributed by atoms with Gasteiger partial charge < -0.3 is 14.2 Å². The summed E-state index contributed by atoms with van der Waals surface area (Å²) in [5, 5.41) is 11.9. The van der Waals surface area contributed by atoms with E-state index in [1.54, 1.807) is 0 Å². The van der Waals surface area contributed by atoms with Crippen LogP contribution in [0.25, 0.3) is 82.2 Å². The van der Waals surface area contributed by atoms with Crippen molar-refractivity contribution in [3.8, 4) is 11.1 Å². The number of para-hydroxylation sites is 3. The summed E-state index contributed by atoms with van der Waals surface area (Å²) in [6, 6.07) is 32.0. The van der Waals surface area contributed by atoms with Gasteiger partial charge in [0.2, 0.25) is 0 Å². The van der Waals surface area contributed by atoms with Crippen LogP contribution >= 0.6 is 0 Å². The molecule has 0 amide bonds. The SMILES string of the molecule is C1=CC2=Nc3c(n4c5c(-c6ccc7oc8ccccc8c7c6)cccc5c5c6c(cc3c54)oc3ccccc36)NC2C=C1. The van der Waals surface area contributed by atoms with Gasteiger partial charge in [-0.3, -0.25) is 4.40 Å². The van der Waals surface area contributed by atoms with Gasteiger partial charge in [-0.25, -0.2) is 4.99 Å². The highest BCUT2D eigenvalue weighted by atomic mass is 16.3. The van der Waals surface area contributed by atoms with Crippen LogP contribution in [0.3, 0.4) is 0 Å². The van der Waals surface area contributed by atoms with Gasteiger partial charge in [-0.15, -0.1) is 0 Å². The maximum atomic E-state index is 6.49. The Morgan fingerprint density at radius 3 is 2.35 bits per heavy atom. The van der Waals surface area contributed by atoms with Crippen LogP contribution < -0.4 is 5.32 Å². The average Bonchev–Trinajstić information content (AvgIpc) is 3.79. The quantitative estimate of drug-likeness (QED) is 0.221. The van der Waals surface area contributed by atoms with Gasteiger partial charge in [0.1, 0.15) is 33.8 Å². The molecule has 5 aromatic carbocycles. The number of benzene rings is 5. The molecule has 2 aliphatic rings. The highest BCUT2D eigenvalue weighted by Crippen LogP contribution is 2.52. The minimum Gasteiger partial charge on any atom is -0.456 e. The third-order valence-electron chi connectivity index (χ3n) is 9.32. The van der Waals surface area contributed by atoms with Crippen LogP contribution in [-0.4, -0.2) is 16.2 Å². The normalized spacial score (nSPS) is 16.3. The molecule has 0 spiro atoms. The van der Waals surface area contributed by atoms with E-state index in [0.717, 1.165) is 83.1 Å². The fourth-order valence-electron chi connectivity index (χ4n) is 7.52. The molecule has 1 atom stereocenters. The molecule has 1 unspecified atom stereocenters. The molecule has 1 aliphatic carbocycles. The Balaban J connectivity index is 1.34. The smallest absolute Gasteiger partial charge is 0.139 e. The van der Waals surface area contributed by atoms with Crippen molar-refractivity contribution in [3.05, 3.63) is 115 Å². The largest absolute Gasteiger partial charge is 0.456 e. The Morgan fingerprint density at radius 2 is 1.42 bits per heavy atom. The molecule has 5 heteroatoms. The van der Waals surface area contributed by atoms with Crippen molar-refractivity contribution in [2.75, 3.05) is 5.32 Å². The zero-order valence-electron chi connectivity index (χ0n) is 22.8. The Labute approximate surface area is 244 Å². The zero-order valence-corrected chi connectivity index (χ0v) is 22.8. The minimum atomic E-state index is 0.0233. The lowest BCUT2D eigenvalue weighted by atomic mass is 9.98. The van der Waals surface area contributed by atoms with Crippen molar-refractivity contribution in [1.82, 2.24) is 4.40 Å². The number of furan rings is 2. The standard InChI is InChI=1S/C38H21N3O2/c1-5-14-29-22(8-1)25-18-20(16-17-31(25)42-29)21-10-7-11-24-34-33-23-9-2-6-15-30(23)43-32(33)19-26-35-38(41(36(21)24)37(26)34)40-28-13-4-3-12-27(28)39-35/h1-19,28,40H. The number of hydrogen-bond acceptors (Lipinski definition) is 4. The molecule has 5 nitrogen and oxygen atoms in total. The number of anilines is 1. The monoisotopic (exact) mass is 551 g/mol. The summed E-state index contributed by atoms with van der Waals surface area (Å²) in [4.78, 5) is 5.24. The van der Waals surface area contributed by atoms with Crippen molar-refractivity contribution in [2.24, 2.45) is 4.99 Å². The van der Waals surface area contributed by atoms with E-state index in [-0.39, 0.29) is 6.04 Å². The summed E-state index contributed by atoms with van der Waals surface area (Å²) in [5.74, 6) is 1.02. The van der Waals surface area contributed by atoms with Crippen LogP contribution in [0.15, 0.2) is 129 Å². The van der Waals surface area contributed by atoms with Gasteiger partial charge in [-0.05, 0) is 42.0 Å². The number of aliphatic imine (C=N–C) groups is 1. The van der Waals surface area contributed by atoms with Gasteiger partial charge in [0, 0.05) is 43.3 Å². The first-order chi connectivity index (χ1) is 21.3. The molecule has 5 heterocycles. The molecule has 1 aliphatic heterocycles. The molecule has 11 rings (SSSR count). The Morgan fingerprint density at radius 1 is 0.628 bits per heavy atom. The van der Waals surface area contributed by atoms with Gasteiger partial charge in [-0.2, -0.15) is 0 Å². The lowest BCUT2D eigenvalue weighted by Gasteiger charge is -2.23. The molecule has 0 bridgehead atoms. The second-order valence-corrected chi connectivity index (χ2v) is 11.6. The van der Waals surface area contributed by atoms with Crippen LogP contribution in [0.5, 0.6) is 0 Å². The predicted octanol–water partition coefficient (Wildman–Crippen LogP) is 10.1. The van der Waals surface area contributed by atoms with Crippen LogP contribution in [0, 0.1) is 0 Å². The number of fused-ring (bicyclic) bond motifs is 14. The molecule has 0 saturated heterocycles. The fraction of sp³-hybridized carbons (Fsp3) is 0.0263. The van der Waals surface area contributed by atoms with E-state index in [1.807, 2.05) is 18.2 Å². The van der Waals surface area contributed by atoms with E-state index in [2.05, 4.69) is 107 Å². The van der Waals surface area contributed by atoms with E-state index in [4.69, 9.17) is 13.8 Å². The molecule has 200 valence electrons. The molecule has 0 fully saturated rings. The van der Waals surface area contributed by atoms with Crippen molar-refractivity contribution in [3.63, 3.8) is 0 Å². The van der Waals surface area contributed by atoms with Crippen molar-refractivity contribution < 1.29 is 8.83 Å². The predicted molar refractivity (Wildman–Crippen MR) is 176 cm³/mol. The molecule has 1 N–H and O–H groups in total. The Bertz CT molecular complexity index is 2770. The van der Waals surface area contributed by atoms with E-state index in [9.17, 15) is 0 Å². The number of hydrogen-bond donors (Lipinski definition) is 1. The van der Waals surface area contributed by atoms with E-state index in [1.165, 1.54) is 16.3 Å². The Hall–Kier alpha value is -5.81. The van der Waals surface area contributed by atoms with Gasteiger partial charge in [0.25, 0.3) is 0 Å². The molecule has 9 aromatic rings. The molecular formula is C38H21N3O2. The minimum absolute atomic E-state index is 0.0233. The maximum Gasteiger partial charge on any atom is 0.139 e. The first-order valence-electron chi connectivity index (χ1n) is 14.6. The van der Waals surface area contributed by atoms with Gasteiger partial charge in [-0.1, -0.05) is 78.9 Å². The number of aromatic nitrogens is 1. The Kier molecular flexibility index (Phi) is 3.83. The lowest BCUT2D eigenvalue weighted by molar-refractivity contribution is 0.669. The summed E-state index contributed by atoms with van der Waals surface area (Å²) in [7, 11) is 0. The third kappa shape index (κ3) is 2.66. The van der Waals surface area contributed by atoms with Gasteiger partial charge in [0.05, 0.1) is 22.8 Å². The van der Waals surface area contributed by atoms with E-state index < -0.39 is 0 Å². The number of nitrogens with zero attached hydrogens (tertiary/aromatic N) is 2. The van der Waals surface area contributed by atoms with Crippen molar-refractivity contribution in [2.45, 2.75) is 6.04 Å². The summed E-state index contributed by atoms with van der Waals surface area (Å²) >= 11 is 0. The molecule has 43 heavy (non-hydrogen) atoms. The molecule has 4 aromatic heterocycles. The zero-order chi connectivity index (χ0) is 27.8. The van der Waals surface area contributed by atoms with Gasteiger partial charge in [0.15, 0.2) is 0 Å². The highest BCUT2D eigenvalue weighted by molar-refractivity contribution is 6.34. The number of rotatable bonds is 1. The topological polar surface area (TPSA) is 55.1 Å². The van der Waals surface area contributed by atoms with Crippen molar-refractivity contribution >= 4 is 88.3 Å². The maximum absolute atomic E-state index is 6.49. The van der Waals surface area contributed by atoms with Crippen LogP contribution in [-0.2, 0) is 0 Å². The summed E-state index contributed by atoms with van der Waals surface area (Å²) in [5.41, 5.74) is 10.2. The number of allylic oxidation sites excluding steroid dienone is 2. The fourth-order valence-corrected chi connectivity index (χ4v) is 7.52. The lowest BCUT2D eigenvalue weighted by Crippen LogP contribution is -2.30. The van der Waals surface area contributed by atoms with Crippen molar-refractivity contribution in [1.29, 1.82) is 0 Å². The van der Waals surface area contributed by atoms with E-state index in [0.29, 0.717) is 0 Å². The summed E-state index contributed by atoms with van der Waals surface area (Å²) < 4.78 is 15.1. The molecular weight excluding hydrogens is 530 g/mol.